The number of azide groups is 1. The first-order valence-electron chi connectivity index (χ1n) is 44.6. The summed E-state index contributed by atoms with van der Waals surface area (Å²) in [5.41, 5.74) is 8.87. The van der Waals surface area contributed by atoms with E-state index in [1.165, 1.54) is 58.2 Å². The molecule has 24 atom stereocenters. The SMILES string of the molecule is CCCCCCCCCCCCC/C=C/[C@@H](OC(=O)c1ccccc1)[C@H](CO[C@@H]1O[C@H](COC(C)=O)[C@@H](O[C@@H]2O[C@H](COC(C)=O)[C@H](OC(C)=O)[C@H](O[C@]3(C(=O)OC)C[C@H](OC(C)=O)[C@@H](NC(C)=O)[C@H]([C@H](OC(C)=O)[C@@H](COC(C)=O)O[C@]4(C(=O)OC)C[C@H](OC(C)=O)[C@@H](NC(C)=O)[C@H]([C@H](OC(C)=O)[C@@H](COC(C)=O)OC(C)=O)O4)O3)[C@H]2OC(C)=O)[C@H](OC(C)=O)[C@H]1OC(=O)C(C)(C)C)N=[N+]=[N-]. The third kappa shape index (κ3) is 37.3. The minimum Gasteiger partial charge on any atom is -0.465 e. The Morgan fingerprint density at radius 3 is 1.36 bits per heavy atom. The highest BCUT2D eigenvalue weighted by atomic mass is 16.8. The molecule has 4 saturated heterocycles. The molecular formula is C90H129N5O42. The molecule has 47 nitrogen and oxygen atoms in total. The molecule has 0 radical (unpaired) electrons. The fraction of sp³-hybridized carbons (Fsp3) is 0.711. The van der Waals surface area contributed by atoms with E-state index in [9.17, 15) is 82.2 Å². The van der Waals surface area contributed by atoms with E-state index in [4.69, 9.17) is 114 Å². The Morgan fingerprint density at radius 2 is 0.905 bits per heavy atom. The van der Waals surface area contributed by atoms with Crippen molar-refractivity contribution in [2.75, 3.05) is 47.3 Å². The lowest BCUT2D eigenvalue weighted by Gasteiger charge is -2.53. The Hall–Kier alpha value is -11.6. The van der Waals surface area contributed by atoms with Gasteiger partial charge in [-0.25, -0.2) is 14.4 Å². The summed E-state index contributed by atoms with van der Waals surface area (Å²) in [4.78, 5) is 252. The van der Waals surface area contributed by atoms with Gasteiger partial charge in [0.05, 0.1) is 56.7 Å². The molecule has 4 heterocycles. The predicted octanol–water partition coefficient (Wildman–Crippen LogP) is 5.76. The first-order valence-corrected chi connectivity index (χ1v) is 44.6. The van der Waals surface area contributed by atoms with Crippen molar-refractivity contribution in [3.8, 4) is 0 Å². The van der Waals surface area contributed by atoms with Crippen molar-refractivity contribution < 1.29 is 200 Å². The van der Waals surface area contributed by atoms with Gasteiger partial charge in [-0.05, 0) is 57.4 Å². The molecule has 0 aliphatic carbocycles. The van der Waals surface area contributed by atoms with Gasteiger partial charge in [-0.3, -0.25) is 71.9 Å². The van der Waals surface area contributed by atoms with Gasteiger partial charge in [0.1, 0.15) is 93.5 Å². The van der Waals surface area contributed by atoms with Crippen LogP contribution in [0, 0.1) is 5.41 Å². The van der Waals surface area contributed by atoms with Crippen molar-refractivity contribution in [1.29, 1.82) is 0 Å². The zero-order valence-electron chi connectivity index (χ0n) is 80.7. The third-order valence-corrected chi connectivity index (χ3v) is 21.0. The molecular weight excluding hydrogens is 1820 g/mol. The van der Waals surface area contributed by atoms with Crippen LogP contribution >= 0.6 is 0 Å². The number of nitrogens with one attached hydrogen (secondary N) is 2. The fourth-order valence-corrected chi connectivity index (χ4v) is 15.4. The van der Waals surface area contributed by atoms with Crippen LogP contribution in [0.25, 0.3) is 10.4 Å². The second-order valence-corrected chi connectivity index (χ2v) is 33.7. The Bertz CT molecular complexity index is 4360. The van der Waals surface area contributed by atoms with E-state index < -0.39 is 305 Å². The van der Waals surface area contributed by atoms with Gasteiger partial charge in [-0.15, -0.1) is 0 Å². The largest absolute Gasteiger partial charge is 0.465 e. The molecule has 4 fully saturated rings. The maximum Gasteiger partial charge on any atom is 0.366 e. The molecule has 0 bridgehead atoms. The number of carbonyl (C=O) groups is 18. The highest BCUT2D eigenvalue weighted by molar-refractivity contribution is 5.89. The molecule has 766 valence electrons. The van der Waals surface area contributed by atoms with E-state index in [2.05, 4.69) is 27.6 Å². The summed E-state index contributed by atoms with van der Waals surface area (Å²) in [5, 5.41) is 8.94. The number of esters is 16. The number of ether oxygens (including phenoxy) is 24. The molecule has 0 unspecified atom stereocenters. The normalized spacial score (nSPS) is 25.9. The molecule has 0 spiro atoms. The van der Waals surface area contributed by atoms with Crippen LogP contribution in [0.15, 0.2) is 47.6 Å². The predicted molar refractivity (Wildman–Crippen MR) is 461 cm³/mol. The van der Waals surface area contributed by atoms with E-state index >= 15 is 9.59 Å². The first-order chi connectivity index (χ1) is 64.5. The summed E-state index contributed by atoms with van der Waals surface area (Å²) >= 11 is 0. The average molecular weight is 1950 g/mol. The van der Waals surface area contributed by atoms with Crippen molar-refractivity contribution in [2.45, 2.75) is 361 Å². The molecule has 1 aromatic carbocycles. The molecule has 137 heavy (non-hydrogen) atoms. The molecule has 1 aromatic rings. The van der Waals surface area contributed by atoms with Gasteiger partial charge in [0.2, 0.25) is 11.8 Å². The first kappa shape index (κ1) is 116. The molecule has 0 aromatic heterocycles. The molecule has 2 N–H and O–H groups in total. The van der Waals surface area contributed by atoms with Gasteiger partial charge in [-0.2, -0.15) is 0 Å². The van der Waals surface area contributed by atoms with Gasteiger partial charge >= 0.3 is 95.5 Å². The number of methoxy groups -OCH3 is 2. The van der Waals surface area contributed by atoms with E-state index in [0.717, 1.165) is 156 Å². The number of unbranched alkanes of at least 4 members (excludes halogenated alkanes) is 11. The smallest absolute Gasteiger partial charge is 0.366 e. The summed E-state index contributed by atoms with van der Waals surface area (Å²) in [6, 6.07) is 2.23. The van der Waals surface area contributed by atoms with Crippen molar-refractivity contribution in [3.05, 3.63) is 58.5 Å². The number of hydrogen-bond donors (Lipinski definition) is 2. The number of hydrogen-bond acceptors (Lipinski definition) is 43. The Labute approximate surface area is 791 Å². The lowest BCUT2D eigenvalue weighted by Crippen LogP contribution is -2.73. The number of allylic oxidation sites excluding steroid dienone is 1. The minimum atomic E-state index is -3.56. The van der Waals surface area contributed by atoms with E-state index in [1.54, 1.807) is 24.3 Å². The summed E-state index contributed by atoms with van der Waals surface area (Å²) in [6.07, 6.45) is -29.7. The molecule has 5 rings (SSSR count). The Balaban J connectivity index is 1.87. The highest BCUT2D eigenvalue weighted by Gasteiger charge is 2.67. The third-order valence-electron chi connectivity index (χ3n) is 21.0. The second-order valence-electron chi connectivity index (χ2n) is 33.7. The van der Waals surface area contributed by atoms with E-state index in [-0.39, 0.29) is 5.56 Å². The zero-order valence-corrected chi connectivity index (χ0v) is 80.7. The monoisotopic (exact) mass is 1950 g/mol. The van der Waals surface area contributed by atoms with Crippen molar-refractivity contribution in [2.24, 2.45) is 10.5 Å². The van der Waals surface area contributed by atoms with Gasteiger partial charge in [0, 0.05) is 102 Å². The summed E-state index contributed by atoms with van der Waals surface area (Å²) < 4.78 is 146. The number of carbonyl (C=O) groups excluding carboxylic acids is 18. The molecule has 4 aliphatic heterocycles. The maximum atomic E-state index is 15.8. The van der Waals surface area contributed by atoms with Crippen LogP contribution in [0.5, 0.6) is 0 Å². The van der Waals surface area contributed by atoms with E-state index in [1.807, 2.05) is 0 Å². The van der Waals surface area contributed by atoms with Crippen LogP contribution < -0.4 is 10.6 Å². The number of rotatable bonds is 51. The van der Waals surface area contributed by atoms with Crippen LogP contribution in [-0.2, 0) is 195 Å². The van der Waals surface area contributed by atoms with Crippen molar-refractivity contribution in [1.82, 2.24) is 10.6 Å². The van der Waals surface area contributed by atoms with Crippen LogP contribution in [0.3, 0.4) is 0 Å². The van der Waals surface area contributed by atoms with Gasteiger partial charge < -0.3 is 124 Å². The van der Waals surface area contributed by atoms with Gasteiger partial charge in [0.25, 0.3) is 11.6 Å². The van der Waals surface area contributed by atoms with Crippen LogP contribution in [-0.4, -0.2) is 301 Å². The summed E-state index contributed by atoms with van der Waals surface area (Å²) in [7, 11) is 1.46. The summed E-state index contributed by atoms with van der Waals surface area (Å²) in [5.74, 6) is -28.8. The topological polar surface area (TPSA) is 602 Å². The van der Waals surface area contributed by atoms with Crippen LogP contribution in [0.2, 0.25) is 0 Å². The van der Waals surface area contributed by atoms with Gasteiger partial charge in [0.15, 0.2) is 55.3 Å². The Kier molecular flexibility index (Phi) is 47.7. The number of nitrogens with zero attached hydrogens (tertiary/aromatic N) is 3. The van der Waals surface area contributed by atoms with Crippen molar-refractivity contribution in [3.63, 3.8) is 0 Å². The fourth-order valence-electron chi connectivity index (χ4n) is 15.4. The zero-order chi connectivity index (χ0) is 102. The second kappa shape index (κ2) is 56.3. The maximum absolute atomic E-state index is 15.8. The summed E-state index contributed by atoms with van der Waals surface area (Å²) in [6.45, 7) is 13.3. The lowest BCUT2D eigenvalue weighted by atomic mass is 9.86. The standard InChI is InChI=1S/C90H129N5O42/c1-21-22-23-24-25-26-27-28-29-30-31-32-36-39-63(129-82(110)61-37-34-33-35-38-61)62(94-95-91)42-120-83-80(133-85(111)88(16,17)18)78(127-59(14)108)73(67(130-83)44-117-50(5)99)132-84-81(128-60(15)109)79(74(125-57(12)106)68(131-84)45-118-51(6)100)137-90(87(113)115-20)41-65(122-54(9)103)71(93-48(3)97)77(136-90)75(126-58(13)107)69(46-119-52(7)101)134-89(86(112)114-19)40-64(121-53(8)102)70(92-47(2)96)76(135-89)72(124-56(11)105)66(123-55(10)104)43-116-49(4)98/h33-39,62-81,83-84H,21-32,40-46H2,1-20H3,(H,92,96)(H,93,97)/b39-36+/t62-,63+,64-,65-,66+,67+,68+,69+,70+,71+,72+,73+,74-,75+,76+,77+,78-,79-,80+,81+,83+,84-,89+,90-/m0/s1. The molecule has 2 amide bonds. The van der Waals surface area contributed by atoms with E-state index in [0.29, 0.717) is 12.8 Å². The lowest BCUT2D eigenvalue weighted by molar-refractivity contribution is -0.389. The van der Waals surface area contributed by atoms with Crippen molar-refractivity contribution >= 4 is 107 Å². The highest BCUT2D eigenvalue weighted by Crippen LogP contribution is 2.46. The van der Waals surface area contributed by atoms with Crippen LogP contribution in [0.1, 0.15) is 225 Å². The molecule has 47 heteroatoms. The number of benzene rings is 1. The molecule has 0 saturated carbocycles. The minimum absolute atomic E-state index is 0.0926. The van der Waals surface area contributed by atoms with Crippen LogP contribution in [0.4, 0.5) is 0 Å². The quantitative estimate of drug-likeness (QED) is 0.0149. The average Bonchev–Trinajstić information content (AvgIpc) is 0.737. The Morgan fingerprint density at radius 1 is 0.474 bits per heavy atom. The van der Waals surface area contributed by atoms with Gasteiger partial charge in [-0.1, -0.05) is 101 Å². The number of amides is 2. The molecule has 4 aliphatic rings.